The first-order chi connectivity index (χ1) is 12.0. The third-order valence-corrected chi connectivity index (χ3v) is 4.15. The molecule has 0 aliphatic carbocycles. The Labute approximate surface area is 147 Å². The number of carbonyl (C=O) groups excluding carboxylic acids is 1. The molecule has 126 valence electrons. The van der Waals surface area contributed by atoms with Gasteiger partial charge in [0.05, 0.1) is 12.4 Å². The van der Waals surface area contributed by atoms with E-state index in [-0.39, 0.29) is 11.6 Å². The van der Waals surface area contributed by atoms with Gasteiger partial charge in [0.2, 0.25) is 0 Å². The smallest absolute Gasteiger partial charge is 0.275 e. The molecule has 1 aromatic heterocycles. The van der Waals surface area contributed by atoms with Gasteiger partial charge < -0.3 is 10.6 Å². The van der Waals surface area contributed by atoms with Gasteiger partial charge in [0, 0.05) is 11.4 Å². The zero-order chi connectivity index (χ0) is 17.8. The SMILES string of the molecule is Cc1ccccc1NC(=O)c1cnc(Nc2cccc(C)c2C)cn1. The molecule has 25 heavy (non-hydrogen) atoms. The average Bonchev–Trinajstić information content (AvgIpc) is 2.61. The summed E-state index contributed by atoms with van der Waals surface area (Å²) in [6.07, 6.45) is 3.04. The molecule has 2 N–H and O–H groups in total. The molecule has 2 aromatic carbocycles. The summed E-state index contributed by atoms with van der Waals surface area (Å²) in [5.74, 6) is 0.321. The summed E-state index contributed by atoms with van der Waals surface area (Å²) in [4.78, 5) is 20.8. The highest BCUT2D eigenvalue weighted by Crippen LogP contribution is 2.21. The first-order valence-electron chi connectivity index (χ1n) is 8.07. The highest BCUT2D eigenvalue weighted by Gasteiger charge is 2.10. The van der Waals surface area contributed by atoms with E-state index in [1.807, 2.05) is 43.3 Å². The van der Waals surface area contributed by atoms with Crippen LogP contribution in [0.4, 0.5) is 17.2 Å². The number of aromatic nitrogens is 2. The molecular formula is C20H20N4O. The molecular weight excluding hydrogens is 312 g/mol. The zero-order valence-electron chi connectivity index (χ0n) is 14.5. The Kier molecular flexibility index (Phi) is 4.75. The van der Waals surface area contributed by atoms with Crippen LogP contribution in [-0.2, 0) is 0 Å². The second-order valence-electron chi connectivity index (χ2n) is 5.93. The Morgan fingerprint density at radius 1 is 0.840 bits per heavy atom. The Morgan fingerprint density at radius 2 is 1.56 bits per heavy atom. The van der Waals surface area contributed by atoms with Gasteiger partial charge in [0.25, 0.3) is 5.91 Å². The van der Waals surface area contributed by atoms with Crippen LogP contribution in [0, 0.1) is 20.8 Å². The van der Waals surface area contributed by atoms with Crippen molar-refractivity contribution in [2.45, 2.75) is 20.8 Å². The predicted octanol–water partition coefficient (Wildman–Crippen LogP) is 4.40. The largest absolute Gasteiger partial charge is 0.339 e. The van der Waals surface area contributed by atoms with E-state index in [2.05, 4.69) is 40.5 Å². The number of rotatable bonds is 4. The molecule has 0 aliphatic rings. The summed E-state index contributed by atoms with van der Waals surface area (Å²) in [5.41, 5.74) is 5.38. The minimum Gasteiger partial charge on any atom is -0.339 e. The number of nitrogens with one attached hydrogen (secondary N) is 2. The van der Waals surface area contributed by atoms with Crippen LogP contribution < -0.4 is 10.6 Å². The van der Waals surface area contributed by atoms with Crippen molar-refractivity contribution in [2.75, 3.05) is 10.6 Å². The van der Waals surface area contributed by atoms with Gasteiger partial charge in [-0.15, -0.1) is 0 Å². The third kappa shape index (κ3) is 3.83. The van der Waals surface area contributed by atoms with Gasteiger partial charge in [-0.25, -0.2) is 9.97 Å². The standard InChI is InChI=1S/C20H20N4O/c1-13-8-6-10-17(15(13)3)23-19-12-21-18(11-22-19)20(25)24-16-9-5-4-7-14(16)2/h4-12H,1-3H3,(H,22,23)(H,24,25). The topological polar surface area (TPSA) is 66.9 Å². The maximum atomic E-state index is 12.3. The molecule has 3 rings (SSSR count). The first kappa shape index (κ1) is 16.6. The maximum absolute atomic E-state index is 12.3. The van der Waals surface area contributed by atoms with Crippen molar-refractivity contribution in [3.05, 3.63) is 77.2 Å². The van der Waals surface area contributed by atoms with Crippen molar-refractivity contribution in [2.24, 2.45) is 0 Å². The number of carbonyl (C=O) groups is 1. The lowest BCUT2D eigenvalue weighted by molar-refractivity contribution is 0.102. The van der Waals surface area contributed by atoms with Gasteiger partial charge in [0.1, 0.15) is 11.5 Å². The lowest BCUT2D eigenvalue weighted by Crippen LogP contribution is -2.15. The number of para-hydroxylation sites is 1. The van der Waals surface area contributed by atoms with E-state index < -0.39 is 0 Å². The molecule has 3 aromatic rings. The molecule has 0 saturated carbocycles. The van der Waals surface area contributed by atoms with Crippen LogP contribution in [0.3, 0.4) is 0 Å². The minimum absolute atomic E-state index is 0.273. The molecule has 0 radical (unpaired) electrons. The number of benzene rings is 2. The number of amides is 1. The monoisotopic (exact) mass is 332 g/mol. The van der Waals surface area contributed by atoms with Crippen molar-refractivity contribution in [3.8, 4) is 0 Å². The lowest BCUT2D eigenvalue weighted by Gasteiger charge is -2.11. The summed E-state index contributed by atoms with van der Waals surface area (Å²) in [6.45, 7) is 6.05. The highest BCUT2D eigenvalue weighted by atomic mass is 16.1. The quantitative estimate of drug-likeness (QED) is 0.743. The fourth-order valence-electron chi connectivity index (χ4n) is 2.43. The molecule has 0 fully saturated rings. The second-order valence-corrected chi connectivity index (χ2v) is 5.93. The molecule has 0 saturated heterocycles. The number of nitrogens with zero attached hydrogens (tertiary/aromatic N) is 2. The first-order valence-corrected chi connectivity index (χ1v) is 8.07. The molecule has 0 bridgehead atoms. The summed E-state index contributed by atoms with van der Waals surface area (Å²) in [7, 11) is 0. The van der Waals surface area contributed by atoms with Gasteiger partial charge in [-0.1, -0.05) is 30.3 Å². The fraction of sp³-hybridized carbons (Fsp3) is 0.150. The van der Waals surface area contributed by atoms with Crippen molar-refractivity contribution in [1.29, 1.82) is 0 Å². The average molecular weight is 332 g/mol. The van der Waals surface area contributed by atoms with Gasteiger partial charge in [-0.05, 0) is 49.6 Å². The molecule has 0 aliphatic heterocycles. The van der Waals surface area contributed by atoms with Crippen molar-refractivity contribution in [3.63, 3.8) is 0 Å². The molecule has 5 nitrogen and oxygen atoms in total. The van der Waals surface area contributed by atoms with E-state index in [1.54, 1.807) is 6.20 Å². The summed E-state index contributed by atoms with van der Waals surface area (Å²) in [6, 6.07) is 13.6. The minimum atomic E-state index is -0.278. The van der Waals surface area contributed by atoms with E-state index in [1.165, 1.54) is 11.8 Å². The Morgan fingerprint density at radius 3 is 2.28 bits per heavy atom. The number of hydrogen-bond donors (Lipinski definition) is 2. The number of anilines is 3. The van der Waals surface area contributed by atoms with Crippen LogP contribution in [0.1, 0.15) is 27.2 Å². The van der Waals surface area contributed by atoms with Crippen molar-refractivity contribution >= 4 is 23.1 Å². The van der Waals surface area contributed by atoms with Gasteiger partial charge in [0.15, 0.2) is 0 Å². The normalized spacial score (nSPS) is 10.4. The predicted molar refractivity (Wildman–Crippen MR) is 100 cm³/mol. The highest BCUT2D eigenvalue weighted by molar-refractivity contribution is 6.03. The van der Waals surface area contributed by atoms with Crippen LogP contribution in [-0.4, -0.2) is 15.9 Å². The molecule has 5 heteroatoms. The number of hydrogen-bond acceptors (Lipinski definition) is 4. The Bertz CT molecular complexity index is 904. The van der Waals surface area contributed by atoms with Crippen LogP contribution in [0.2, 0.25) is 0 Å². The maximum Gasteiger partial charge on any atom is 0.275 e. The third-order valence-electron chi connectivity index (χ3n) is 4.15. The van der Waals surface area contributed by atoms with E-state index in [0.29, 0.717) is 5.82 Å². The van der Waals surface area contributed by atoms with Crippen molar-refractivity contribution in [1.82, 2.24) is 9.97 Å². The van der Waals surface area contributed by atoms with Gasteiger partial charge in [-0.2, -0.15) is 0 Å². The molecule has 1 heterocycles. The zero-order valence-corrected chi connectivity index (χ0v) is 14.5. The fourth-order valence-corrected chi connectivity index (χ4v) is 2.43. The van der Waals surface area contributed by atoms with Crippen LogP contribution in [0.15, 0.2) is 54.9 Å². The summed E-state index contributed by atoms with van der Waals surface area (Å²) >= 11 is 0. The second kappa shape index (κ2) is 7.13. The van der Waals surface area contributed by atoms with Crippen LogP contribution >= 0.6 is 0 Å². The van der Waals surface area contributed by atoms with E-state index in [4.69, 9.17) is 0 Å². The van der Waals surface area contributed by atoms with Crippen LogP contribution in [0.25, 0.3) is 0 Å². The van der Waals surface area contributed by atoms with Gasteiger partial charge >= 0.3 is 0 Å². The van der Waals surface area contributed by atoms with E-state index >= 15 is 0 Å². The molecule has 0 unspecified atom stereocenters. The van der Waals surface area contributed by atoms with Crippen molar-refractivity contribution < 1.29 is 4.79 Å². The molecule has 1 amide bonds. The Balaban J connectivity index is 1.73. The van der Waals surface area contributed by atoms with Crippen LogP contribution in [0.5, 0.6) is 0 Å². The molecule has 0 atom stereocenters. The van der Waals surface area contributed by atoms with E-state index in [0.717, 1.165) is 22.5 Å². The summed E-state index contributed by atoms with van der Waals surface area (Å²) < 4.78 is 0. The Hall–Kier alpha value is -3.21. The van der Waals surface area contributed by atoms with Gasteiger partial charge in [-0.3, -0.25) is 4.79 Å². The molecule has 0 spiro atoms. The lowest BCUT2D eigenvalue weighted by atomic mass is 10.1. The van der Waals surface area contributed by atoms with E-state index in [9.17, 15) is 4.79 Å². The number of aryl methyl sites for hydroxylation is 2. The summed E-state index contributed by atoms with van der Waals surface area (Å²) in [5, 5.41) is 6.08.